The number of amides is 2. The summed E-state index contributed by atoms with van der Waals surface area (Å²) in [7, 11) is 0. The van der Waals surface area contributed by atoms with Crippen molar-refractivity contribution >= 4 is 29.4 Å². The van der Waals surface area contributed by atoms with Crippen LogP contribution in [0.5, 0.6) is 5.75 Å². The van der Waals surface area contributed by atoms with E-state index in [1.807, 2.05) is 32.9 Å². The molecule has 220 valence electrons. The minimum Gasteiger partial charge on any atom is -0.494 e. The van der Waals surface area contributed by atoms with Crippen LogP contribution in [0, 0.1) is 11.3 Å². The van der Waals surface area contributed by atoms with Crippen molar-refractivity contribution in [2.75, 3.05) is 32.8 Å². The molecular formula is C30H48ClN3O5. The predicted molar refractivity (Wildman–Crippen MR) is 155 cm³/mol. The van der Waals surface area contributed by atoms with Crippen LogP contribution in [0.15, 0.2) is 24.3 Å². The molecule has 0 spiro atoms. The van der Waals surface area contributed by atoms with Gasteiger partial charge in [-0.05, 0) is 95.6 Å². The maximum Gasteiger partial charge on any atom is 0.307 e. The number of rotatable bonds is 14. The van der Waals surface area contributed by atoms with Crippen LogP contribution in [-0.2, 0) is 19.1 Å². The molecule has 1 aliphatic heterocycles. The quantitative estimate of drug-likeness (QED) is 0.244. The molecule has 1 aromatic rings. The van der Waals surface area contributed by atoms with Gasteiger partial charge in [0.15, 0.2) is 0 Å². The second-order valence-electron chi connectivity index (χ2n) is 12.4. The summed E-state index contributed by atoms with van der Waals surface area (Å²) in [6.45, 7) is 15.1. The molecule has 1 heterocycles. The number of carbonyl (C=O) groups excluding carboxylic acids is 3. The van der Waals surface area contributed by atoms with Crippen LogP contribution < -0.4 is 15.4 Å². The van der Waals surface area contributed by atoms with E-state index < -0.39 is 28.9 Å². The standard InChI is InChI=1S/C30H48ClN3O5/c1-29(2,3)26(28(37)32-16-19-34-17-8-9-18-34)33-27(36)22(21-25(35)39-30(4,5)6)11-7-10-20-38-24-14-12-23(31)13-15-24/h12-15,22,26H,7-11,16-21H2,1-6H3,(H,32,37)(H,33,36)/t22-,26-/m1/s1. The topological polar surface area (TPSA) is 97.0 Å². The van der Waals surface area contributed by atoms with Gasteiger partial charge in [-0.15, -0.1) is 0 Å². The van der Waals surface area contributed by atoms with Crippen molar-refractivity contribution in [3.8, 4) is 5.75 Å². The third-order valence-electron chi connectivity index (χ3n) is 6.57. The Bertz CT molecular complexity index is 918. The summed E-state index contributed by atoms with van der Waals surface area (Å²) in [6.07, 6.45) is 4.20. The molecule has 9 heteroatoms. The van der Waals surface area contributed by atoms with Gasteiger partial charge >= 0.3 is 5.97 Å². The zero-order chi connectivity index (χ0) is 29.1. The Kier molecular flexibility index (Phi) is 13.0. The fraction of sp³-hybridized carbons (Fsp3) is 0.700. The maximum atomic E-state index is 13.5. The van der Waals surface area contributed by atoms with Gasteiger partial charge in [0, 0.05) is 24.0 Å². The molecule has 2 atom stereocenters. The first-order valence-electron chi connectivity index (χ1n) is 14.2. The van der Waals surface area contributed by atoms with E-state index in [4.69, 9.17) is 21.1 Å². The van der Waals surface area contributed by atoms with Gasteiger partial charge in [0.2, 0.25) is 11.8 Å². The van der Waals surface area contributed by atoms with Gasteiger partial charge in [-0.2, -0.15) is 0 Å². The zero-order valence-electron chi connectivity index (χ0n) is 24.6. The van der Waals surface area contributed by atoms with Gasteiger partial charge in [0.1, 0.15) is 17.4 Å². The number of nitrogens with zero attached hydrogens (tertiary/aromatic N) is 1. The first kappa shape index (κ1) is 32.9. The Labute approximate surface area is 239 Å². The Morgan fingerprint density at radius 1 is 0.974 bits per heavy atom. The Morgan fingerprint density at radius 3 is 2.21 bits per heavy atom. The molecule has 1 aromatic carbocycles. The number of hydrogen-bond donors (Lipinski definition) is 2. The maximum absolute atomic E-state index is 13.5. The summed E-state index contributed by atoms with van der Waals surface area (Å²) in [4.78, 5) is 41.5. The van der Waals surface area contributed by atoms with Gasteiger partial charge < -0.3 is 25.0 Å². The third-order valence-corrected chi connectivity index (χ3v) is 6.83. The van der Waals surface area contributed by atoms with E-state index in [1.165, 1.54) is 12.8 Å². The predicted octanol–water partition coefficient (Wildman–Crippen LogP) is 4.98. The molecule has 0 aliphatic carbocycles. The minimum absolute atomic E-state index is 0.0470. The number of esters is 1. The Hall–Kier alpha value is -2.32. The summed E-state index contributed by atoms with van der Waals surface area (Å²) < 4.78 is 11.3. The van der Waals surface area contributed by atoms with Gasteiger partial charge in [0.25, 0.3) is 0 Å². The molecule has 39 heavy (non-hydrogen) atoms. The SMILES string of the molecule is CC(C)(C)OC(=O)C[C@@H](CCCCOc1ccc(Cl)cc1)C(=O)N[C@H](C(=O)NCCN1CCCC1)C(C)(C)C. The average Bonchev–Trinajstić information content (AvgIpc) is 3.34. The van der Waals surface area contributed by atoms with Crippen LogP contribution in [0.25, 0.3) is 0 Å². The first-order chi connectivity index (χ1) is 18.2. The lowest BCUT2D eigenvalue weighted by Gasteiger charge is -2.32. The lowest BCUT2D eigenvalue weighted by Crippen LogP contribution is -2.55. The van der Waals surface area contributed by atoms with Crippen molar-refractivity contribution in [1.29, 1.82) is 0 Å². The van der Waals surface area contributed by atoms with Crippen LogP contribution in [-0.4, -0.2) is 67.1 Å². The molecule has 0 unspecified atom stereocenters. The molecule has 2 N–H and O–H groups in total. The molecule has 0 aromatic heterocycles. The molecule has 1 fully saturated rings. The monoisotopic (exact) mass is 565 g/mol. The molecule has 0 saturated carbocycles. The van der Waals surface area contributed by atoms with Gasteiger partial charge in [-0.3, -0.25) is 14.4 Å². The number of halogens is 1. The number of hydrogen-bond acceptors (Lipinski definition) is 6. The molecule has 2 rings (SSSR count). The van der Waals surface area contributed by atoms with E-state index >= 15 is 0 Å². The Balaban J connectivity index is 1.97. The Morgan fingerprint density at radius 2 is 1.62 bits per heavy atom. The molecule has 0 radical (unpaired) electrons. The fourth-order valence-corrected chi connectivity index (χ4v) is 4.63. The lowest BCUT2D eigenvalue weighted by atomic mass is 9.85. The number of unbranched alkanes of at least 4 members (excludes halogenated alkanes) is 1. The van der Waals surface area contributed by atoms with Crippen LogP contribution in [0.1, 0.15) is 80.1 Å². The number of nitrogens with one attached hydrogen (secondary N) is 2. The normalized spacial score (nSPS) is 15.9. The smallest absolute Gasteiger partial charge is 0.307 e. The second kappa shape index (κ2) is 15.5. The van der Waals surface area contributed by atoms with Gasteiger partial charge in [-0.1, -0.05) is 32.4 Å². The molecular weight excluding hydrogens is 518 g/mol. The van der Waals surface area contributed by atoms with E-state index in [1.54, 1.807) is 32.9 Å². The van der Waals surface area contributed by atoms with Gasteiger partial charge in [0.05, 0.1) is 13.0 Å². The van der Waals surface area contributed by atoms with Crippen molar-refractivity contribution in [3.05, 3.63) is 29.3 Å². The van der Waals surface area contributed by atoms with Crippen molar-refractivity contribution < 1.29 is 23.9 Å². The molecule has 2 amide bonds. The van der Waals surface area contributed by atoms with Crippen LogP contribution in [0.2, 0.25) is 5.02 Å². The summed E-state index contributed by atoms with van der Waals surface area (Å²) >= 11 is 5.92. The van der Waals surface area contributed by atoms with Crippen LogP contribution in [0.3, 0.4) is 0 Å². The summed E-state index contributed by atoms with van der Waals surface area (Å²) in [5, 5.41) is 6.60. The highest BCUT2D eigenvalue weighted by Gasteiger charge is 2.35. The van der Waals surface area contributed by atoms with Crippen molar-refractivity contribution in [3.63, 3.8) is 0 Å². The molecule has 8 nitrogen and oxygen atoms in total. The zero-order valence-corrected chi connectivity index (χ0v) is 25.4. The van der Waals surface area contributed by atoms with E-state index in [9.17, 15) is 14.4 Å². The van der Waals surface area contributed by atoms with Crippen molar-refractivity contribution in [2.24, 2.45) is 11.3 Å². The van der Waals surface area contributed by atoms with Crippen molar-refractivity contribution in [2.45, 2.75) is 91.7 Å². The highest BCUT2D eigenvalue weighted by atomic mass is 35.5. The van der Waals surface area contributed by atoms with Gasteiger partial charge in [-0.25, -0.2) is 0 Å². The first-order valence-corrected chi connectivity index (χ1v) is 14.5. The van der Waals surface area contributed by atoms with E-state index in [0.717, 1.165) is 25.4 Å². The highest BCUT2D eigenvalue weighted by Crippen LogP contribution is 2.23. The third kappa shape index (κ3) is 13.1. The van der Waals surface area contributed by atoms with E-state index in [-0.39, 0.29) is 18.2 Å². The molecule has 1 saturated heterocycles. The van der Waals surface area contributed by atoms with Crippen molar-refractivity contribution in [1.82, 2.24) is 15.5 Å². The fourth-order valence-electron chi connectivity index (χ4n) is 4.50. The lowest BCUT2D eigenvalue weighted by molar-refractivity contribution is -0.157. The largest absolute Gasteiger partial charge is 0.494 e. The minimum atomic E-state index is -0.724. The summed E-state index contributed by atoms with van der Waals surface area (Å²) in [5.74, 6) is -0.831. The van der Waals surface area contributed by atoms with Crippen LogP contribution in [0.4, 0.5) is 0 Å². The number of ether oxygens (including phenoxy) is 2. The number of benzene rings is 1. The molecule has 1 aliphatic rings. The summed E-state index contributed by atoms with van der Waals surface area (Å²) in [5.41, 5.74) is -1.15. The van der Waals surface area contributed by atoms with E-state index in [0.29, 0.717) is 37.4 Å². The average molecular weight is 566 g/mol. The molecule has 0 bridgehead atoms. The second-order valence-corrected chi connectivity index (χ2v) is 12.9. The highest BCUT2D eigenvalue weighted by molar-refractivity contribution is 6.30. The van der Waals surface area contributed by atoms with Crippen LogP contribution >= 0.6 is 11.6 Å². The number of carbonyl (C=O) groups is 3. The summed E-state index contributed by atoms with van der Waals surface area (Å²) in [6, 6.07) is 6.44. The number of likely N-dealkylation sites (tertiary alicyclic amines) is 1. The van der Waals surface area contributed by atoms with E-state index in [2.05, 4.69) is 15.5 Å².